The Labute approximate surface area is 209 Å². The van der Waals surface area contributed by atoms with Crippen molar-refractivity contribution in [2.24, 2.45) is 0 Å². The maximum Gasteiger partial charge on any atom is 0.573 e. The van der Waals surface area contributed by atoms with Gasteiger partial charge in [-0.15, -0.1) is 13.2 Å². The van der Waals surface area contributed by atoms with Gasteiger partial charge in [0.15, 0.2) is 11.5 Å². The van der Waals surface area contributed by atoms with Gasteiger partial charge in [0.05, 0.1) is 17.0 Å². The Hall–Kier alpha value is -3.64. The zero-order valence-corrected chi connectivity index (χ0v) is 20.0. The van der Waals surface area contributed by atoms with Crippen LogP contribution in [0.1, 0.15) is 0 Å². The Morgan fingerprint density at radius 1 is 1.14 bits per heavy atom. The zero-order valence-electron chi connectivity index (χ0n) is 19.2. The van der Waals surface area contributed by atoms with Gasteiger partial charge in [-0.25, -0.2) is 14.6 Å². The van der Waals surface area contributed by atoms with Crippen molar-refractivity contribution in [3.63, 3.8) is 0 Å². The molecule has 3 aromatic heterocycles. The number of carbonyl (C=O) groups is 1. The second kappa shape index (κ2) is 11.0. The fourth-order valence-corrected chi connectivity index (χ4v) is 3.89. The second-order valence-electron chi connectivity index (χ2n) is 7.96. The molecular formula is C23H23ClF3N7O2. The van der Waals surface area contributed by atoms with E-state index in [0.717, 1.165) is 37.9 Å². The number of aldehydes is 1. The van der Waals surface area contributed by atoms with E-state index in [0.29, 0.717) is 22.9 Å². The molecule has 13 heteroatoms. The molecule has 1 fully saturated rings. The van der Waals surface area contributed by atoms with Crippen LogP contribution in [0.2, 0.25) is 5.02 Å². The minimum Gasteiger partial charge on any atom is -0.404 e. The van der Waals surface area contributed by atoms with Crippen molar-refractivity contribution in [3.8, 4) is 17.3 Å². The maximum atomic E-state index is 12.2. The van der Waals surface area contributed by atoms with Gasteiger partial charge in [0.25, 0.3) is 0 Å². The van der Waals surface area contributed by atoms with E-state index in [2.05, 4.69) is 29.7 Å². The zero-order chi connectivity index (χ0) is 25.7. The molecule has 4 heterocycles. The minimum absolute atomic E-state index is 0.0461. The number of H-pyrrole nitrogens is 1. The highest BCUT2D eigenvalue weighted by atomic mass is 35.5. The third-order valence-electron chi connectivity index (χ3n) is 5.49. The van der Waals surface area contributed by atoms with Crippen molar-refractivity contribution in [2.45, 2.75) is 12.9 Å². The smallest absolute Gasteiger partial charge is 0.404 e. The molecule has 9 nitrogen and oxygen atoms in total. The topological polar surface area (TPSA) is 92.2 Å². The number of rotatable bonds is 5. The third kappa shape index (κ3) is 6.13. The average molecular weight is 522 g/mol. The fourth-order valence-electron chi connectivity index (χ4n) is 3.73. The number of anilines is 1. The lowest BCUT2D eigenvalue weighted by molar-refractivity contribution is -0.274. The molecule has 190 valence electrons. The molecule has 1 N–H and O–H groups in total. The summed E-state index contributed by atoms with van der Waals surface area (Å²) in [5.41, 5.74) is 2.09. The van der Waals surface area contributed by atoms with Crippen molar-refractivity contribution in [3.05, 3.63) is 53.9 Å². The number of carbonyl (C=O) groups excluding carboxylic acids is 1. The number of nitrogens with one attached hydrogen (secondary N) is 1. The number of aromatic amines is 1. The SMILES string of the molecule is CN1CCN(c2ccc(Cl)c(OC(F)(F)F)c2)CC1.O=CCn1nc(-c2ncc[nH]2)c2cccnc21. The van der Waals surface area contributed by atoms with E-state index in [9.17, 15) is 18.0 Å². The Kier molecular flexibility index (Phi) is 7.75. The van der Waals surface area contributed by atoms with Crippen molar-refractivity contribution in [1.82, 2.24) is 29.6 Å². The first-order valence-electron chi connectivity index (χ1n) is 11.0. The summed E-state index contributed by atoms with van der Waals surface area (Å²) in [6.07, 6.45) is 1.14. The molecule has 0 bridgehead atoms. The first-order valence-corrected chi connectivity index (χ1v) is 11.4. The molecule has 0 spiro atoms. The molecule has 0 atom stereocenters. The molecule has 1 aliphatic heterocycles. The summed E-state index contributed by atoms with van der Waals surface area (Å²) in [6.45, 7) is 3.47. The molecule has 1 aliphatic rings. The number of hydrogen-bond donors (Lipinski definition) is 1. The van der Waals surface area contributed by atoms with Crippen LogP contribution in [-0.4, -0.2) is 75.5 Å². The van der Waals surface area contributed by atoms with Crippen LogP contribution in [0, 0.1) is 0 Å². The van der Waals surface area contributed by atoms with Crippen LogP contribution in [0.25, 0.3) is 22.6 Å². The van der Waals surface area contributed by atoms with Gasteiger partial charge in [-0.05, 0) is 31.3 Å². The normalized spacial score (nSPS) is 14.4. The van der Waals surface area contributed by atoms with Crippen LogP contribution in [0.3, 0.4) is 0 Å². The molecule has 0 saturated carbocycles. The minimum atomic E-state index is -4.73. The van der Waals surface area contributed by atoms with Crippen molar-refractivity contribution in [2.75, 3.05) is 38.1 Å². The summed E-state index contributed by atoms with van der Waals surface area (Å²) in [5.74, 6) is 0.318. The summed E-state index contributed by atoms with van der Waals surface area (Å²) >= 11 is 5.71. The van der Waals surface area contributed by atoms with E-state index in [1.165, 1.54) is 12.1 Å². The van der Waals surface area contributed by atoms with Crippen LogP contribution in [0.4, 0.5) is 18.9 Å². The van der Waals surface area contributed by atoms with E-state index < -0.39 is 6.36 Å². The molecule has 0 amide bonds. The number of halogens is 4. The summed E-state index contributed by atoms with van der Waals surface area (Å²) in [4.78, 5) is 26.2. The van der Waals surface area contributed by atoms with E-state index in [1.54, 1.807) is 29.3 Å². The first-order chi connectivity index (χ1) is 17.2. The molecule has 36 heavy (non-hydrogen) atoms. The predicted octanol–water partition coefficient (Wildman–Crippen LogP) is 4.01. The molecule has 1 saturated heterocycles. The van der Waals surface area contributed by atoms with Gasteiger partial charge < -0.3 is 24.3 Å². The molecule has 0 radical (unpaired) electrons. The van der Waals surface area contributed by atoms with E-state index in [-0.39, 0.29) is 17.3 Å². The van der Waals surface area contributed by atoms with Crippen molar-refractivity contribution in [1.29, 1.82) is 0 Å². The highest BCUT2D eigenvalue weighted by Crippen LogP contribution is 2.34. The van der Waals surface area contributed by atoms with Gasteiger partial charge in [-0.2, -0.15) is 5.10 Å². The monoisotopic (exact) mass is 521 g/mol. The number of hydrogen-bond acceptors (Lipinski definition) is 7. The third-order valence-corrected chi connectivity index (χ3v) is 5.80. The van der Waals surface area contributed by atoms with Gasteiger partial charge in [-0.1, -0.05) is 11.6 Å². The quantitative estimate of drug-likeness (QED) is 0.397. The van der Waals surface area contributed by atoms with Gasteiger partial charge in [0.1, 0.15) is 17.7 Å². The van der Waals surface area contributed by atoms with Crippen LogP contribution in [0.5, 0.6) is 5.75 Å². The van der Waals surface area contributed by atoms with Gasteiger partial charge in [0.2, 0.25) is 0 Å². The lowest BCUT2D eigenvalue weighted by Gasteiger charge is -2.34. The van der Waals surface area contributed by atoms with Gasteiger partial charge in [-0.3, -0.25) is 0 Å². The lowest BCUT2D eigenvalue weighted by atomic mass is 10.2. The number of likely N-dealkylation sites (N-methyl/N-ethyl adjacent to an activating group) is 1. The highest BCUT2D eigenvalue weighted by Gasteiger charge is 2.32. The van der Waals surface area contributed by atoms with Crippen LogP contribution in [0.15, 0.2) is 48.9 Å². The van der Waals surface area contributed by atoms with E-state index in [4.69, 9.17) is 11.6 Å². The number of benzene rings is 1. The predicted molar refractivity (Wildman–Crippen MR) is 129 cm³/mol. The molecule has 5 rings (SSSR count). The lowest BCUT2D eigenvalue weighted by Crippen LogP contribution is -2.44. The molecular weight excluding hydrogens is 499 g/mol. The number of imidazole rings is 1. The summed E-state index contributed by atoms with van der Waals surface area (Å²) in [5, 5.41) is 5.18. The average Bonchev–Trinajstić information content (AvgIpc) is 3.50. The van der Waals surface area contributed by atoms with Crippen LogP contribution in [-0.2, 0) is 11.3 Å². The Morgan fingerprint density at radius 3 is 2.58 bits per heavy atom. The molecule has 4 aromatic rings. The van der Waals surface area contributed by atoms with Crippen molar-refractivity contribution >= 4 is 34.6 Å². The highest BCUT2D eigenvalue weighted by molar-refractivity contribution is 6.32. The molecule has 1 aromatic carbocycles. The number of piperazine rings is 1. The van der Waals surface area contributed by atoms with Crippen LogP contribution >= 0.6 is 11.6 Å². The summed E-state index contributed by atoms with van der Waals surface area (Å²) < 4.78 is 42.2. The number of ether oxygens (including phenoxy) is 1. The van der Waals surface area contributed by atoms with E-state index in [1.807, 2.05) is 24.1 Å². The Bertz CT molecular complexity index is 1300. The molecule has 0 unspecified atom stereocenters. The van der Waals surface area contributed by atoms with E-state index >= 15 is 0 Å². The number of alkyl halides is 3. The van der Waals surface area contributed by atoms with Crippen molar-refractivity contribution < 1.29 is 22.7 Å². The number of nitrogens with zero attached hydrogens (tertiary/aromatic N) is 6. The van der Waals surface area contributed by atoms with Gasteiger partial charge in [0, 0.05) is 56.5 Å². The summed E-state index contributed by atoms with van der Waals surface area (Å²) in [7, 11) is 2.01. The van der Waals surface area contributed by atoms with Gasteiger partial charge >= 0.3 is 6.36 Å². The largest absolute Gasteiger partial charge is 0.573 e. The van der Waals surface area contributed by atoms with Crippen LogP contribution < -0.4 is 9.64 Å². The number of aromatic nitrogens is 5. The standard InChI is InChI=1S/C12H14ClF3N2O.C11H9N5O/c1-17-4-6-18(7-5-17)9-2-3-10(13)11(8-9)19-12(14,15)16;17-7-6-16-11-8(2-1-3-14-11)9(15-16)10-12-4-5-13-10/h2-3,8H,4-7H2,1H3;1-5,7H,6H2,(H,12,13). The Balaban J connectivity index is 0.000000170. The second-order valence-corrected chi connectivity index (χ2v) is 8.37. The summed E-state index contributed by atoms with van der Waals surface area (Å²) in [6, 6.07) is 8.21. The number of pyridine rings is 1. The first kappa shape index (κ1) is 25.5. The fraction of sp³-hybridized carbons (Fsp3) is 0.304. The maximum absolute atomic E-state index is 12.2. The number of fused-ring (bicyclic) bond motifs is 1. The Morgan fingerprint density at radius 2 is 1.92 bits per heavy atom. The molecule has 0 aliphatic carbocycles.